The summed E-state index contributed by atoms with van der Waals surface area (Å²) in [6.07, 6.45) is -4.65. The summed E-state index contributed by atoms with van der Waals surface area (Å²) in [4.78, 5) is 23.8. The molecule has 1 unspecified atom stereocenters. The lowest BCUT2D eigenvalue weighted by molar-refractivity contribution is -0.173. The third kappa shape index (κ3) is 7.14. The molecule has 0 aliphatic carbocycles. The number of nitrogens with one attached hydrogen (secondary N) is 1. The average molecular weight is 314 g/mol. The van der Waals surface area contributed by atoms with Crippen molar-refractivity contribution in [3.8, 4) is 0 Å². The molecule has 122 valence electrons. The third-order valence-electron chi connectivity index (χ3n) is 2.69. The van der Waals surface area contributed by atoms with Crippen molar-refractivity contribution in [1.82, 2.24) is 10.2 Å². The van der Waals surface area contributed by atoms with Crippen molar-refractivity contribution in [1.29, 1.82) is 0 Å². The first-order valence-electron chi connectivity index (χ1n) is 6.28. The number of aliphatic carboxylic acids is 1. The molecule has 0 aromatic rings. The van der Waals surface area contributed by atoms with E-state index in [0.29, 0.717) is 0 Å². The van der Waals surface area contributed by atoms with Gasteiger partial charge in [-0.2, -0.15) is 13.2 Å². The van der Waals surface area contributed by atoms with Gasteiger partial charge in [0.15, 0.2) is 0 Å². The number of carboxylic acid groups (broad SMARTS) is 1. The minimum Gasteiger partial charge on any atom is -0.481 e. The molecular weight excluding hydrogens is 297 g/mol. The highest BCUT2D eigenvalue weighted by atomic mass is 19.4. The van der Waals surface area contributed by atoms with Gasteiger partial charge < -0.3 is 24.8 Å². The average Bonchev–Trinajstić information content (AvgIpc) is 2.36. The van der Waals surface area contributed by atoms with Gasteiger partial charge in [-0.05, 0) is 0 Å². The Balaban J connectivity index is 2.30. The lowest BCUT2D eigenvalue weighted by Crippen LogP contribution is -2.53. The minimum atomic E-state index is -4.40. The van der Waals surface area contributed by atoms with E-state index in [1.807, 2.05) is 0 Å². The zero-order valence-corrected chi connectivity index (χ0v) is 11.2. The van der Waals surface area contributed by atoms with Crippen molar-refractivity contribution in [2.45, 2.75) is 18.6 Å². The zero-order valence-electron chi connectivity index (χ0n) is 11.2. The standard InChI is InChI=1S/C11H17F3N2O5/c12-11(13,14)7-21-3-1-15-10(19)16-2-4-20-6-8(16)5-9(17)18/h8H,1-7H2,(H,15,19)(H,17,18). The van der Waals surface area contributed by atoms with Crippen LogP contribution in [0.5, 0.6) is 0 Å². The Labute approximate surface area is 119 Å². The van der Waals surface area contributed by atoms with Crippen molar-refractivity contribution in [2.75, 3.05) is 39.5 Å². The Kier molecular flexibility index (Phi) is 6.69. The number of ether oxygens (including phenoxy) is 2. The highest BCUT2D eigenvalue weighted by Gasteiger charge is 2.29. The topological polar surface area (TPSA) is 88.1 Å². The first kappa shape index (κ1) is 17.5. The van der Waals surface area contributed by atoms with Crippen LogP contribution in [0.2, 0.25) is 0 Å². The van der Waals surface area contributed by atoms with Crippen LogP contribution >= 0.6 is 0 Å². The number of rotatable bonds is 6. The number of halogens is 3. The van der Waals surface area contributed by atoms with Crippen molar-refractivity contribution >= 4 is 12.0 Å². The molecule has 0 aromatic carbocycles. The molecule has 1 aliphatic rings. The van der Waals surface area contributed by atoms with Gasteiger partial charge in [-0.3, -0.25) is 4.79 Å². The SMILES string of the molecule is O=C(O)CC1COCCN1C(=O)NCCOCC(F)(F)F. The number of alkyl halides is 3. The van der Waals surface area contributed by atoms with E-state index in [1.165, 1.54) is 4.90 Å². The molecular formula is C11H17F3N2O5. The van der Waals surface area contributed by atoms with Crippen LogP contribution in [0.3, 0.4) is 0 Å². The quantitative estimate of drug-likeness (QED) is 0.695. The maximum absolute atomic E-state index is 11.8. The van der Waals surface area contributed by atoms with Crippen LogP contribution in [0.4, 0.5) is 18.0 Å². The molecule has 1 saturated heterocycles. The van der Waals surface area contributed by atoms with Crippen LogP contribution in [0, 0.1) is 0 Å². The maximum Gasteiger partial charge on any atom is 0.411 e. The predicted molar refractivity (Wildman–Crippen MR) is 63.8 cm³/mol. The summed E-state index contributed by atoms with van der Waals surface area (Å²) in [7, 11) is 0. The number of urea groups is 1. The molecule has 0 saturated carbocycles. The van der Waals surface area contributed by atoms with Gasteiger partial charge >= 0.3 is 18.2 Å². The van der Waals surface area contributed by atoms with Crippen molar-refractivity contribution in [2.24, 2.45) is 0 Å². The van der Waals surface area contributed by atoms with E-state index in [9.17, 15) is 22.8 Å². The maximum atomic E-state index is 11.8. The number of carbonyl (C=O) groups is 2. The third-order valence-corrected chi connectivity index (χ3v) is 2.69. The highest BCUT2D eigenvalue weighted by molar-refractivity contribution is 5.76. The molecule has 1 atom stereocenters. The number of nitrogens with zero attached hydrogens (tertiary/aromatic N) is 1. The second-order valence-electron chi connectivity index (χ2n) is 4.42. The fraction of sp³-hybridized carbons (Fsp3) is 0.818. The highest BCUT2D eigenvalue weighted by Crippen LogP contribution is 2.14. The summed E-state index contributed by atoms with van der Waals surface area (Å²) < 4.78 is 44.9. The van der Waals surface area contributed by atoms with E-state index < -0.39 is 30.8 Å². The summed E-state index contributed by atoms with van der Waals surface area (Å²) in [5, 5.41) is 11.1. The first-order chi connectivity index (χ1) is 9.79. The fourth-order valence-corrected chi connectivity index (χ4v) is 1.81. The van der Waals surface area contributed by atoms with E-state index in [-0.39, 0.29) is 39.3 Å². The number of carbonyl (C=O) groups excluding carboxylic acids is 1. The lowest BCUT2D eigenvalue weighted by atomic mass is 10.1. The summed E-state index contributed by atoms with van der Waals surface area (Å²) in [5.74, 6) is -1.06. The number of hydrogen-bond donors (Lipinski definition) is 2. The molecule has 0 aromatic heterocycles. The van der Waals surface area contributed by atoms with Crippen LogP contribution in [0.15, 0.2) is 0 Å². The Morgan fingerprint density at radius 2 is 2.14 bits per heavy atom. The molecule has 7 nitrogen and oxygen atoms in total. The summed E-state index contributed by atoms with van der Waals surface area (Å²) in [5.41, 5.74) is 0. The van der Waals surface area contributed by atoms with E-state index in [4.69, 9.17) is 9.84 Å². The molecule has 1 aliphatic heterocycles. The van der Waals surface area contributed by atoms with Gasteiger partial charge in [0, 0.05) is 13.1 Å². The largest absolute Gasteiger partial charge is 0.481 e. The molecule has 0 spiro atoms. The fourth-order valence-electron chi connectivity index (χ4n) is 1.81. The number of carboxylic acids is 1. The predicted octanol–water partition coefficient (Wildman–Crippen LogP) is 0.450. The second-order valence-corrected chi connectivity index (χ2v) is 4.42. The monoisotopic (exact) mass is 314 g/mol. The molecule has 0 bridgehead atoms. The van der Waals surface area contributed by atoms with Gasteiger partial charge in [0.05, 0.1) is 32.3 Å². The van der Waals surface area contributed by atoms with Crippen molar-refractivity contribution in [3.05, 3.63) is 0 Å². The van der Waals surface area contributed by atoms with E-state index in [1.54, 1.807) is 0 Å². The van der Waals surface area contributed by atoms with Gasteiger partial charge in [-0.15, -0.1) is 0 Å². The lowest BCUT2D eigenvalue weighted by Gasteiger charge is -2.34. The van der Waals surface area contributed by atoms with Gasteiger partial charge in [0.2, 0.25) is 0 Å². The minimum absolute atomic E-state index is 0.0912. The normalized spacial score (nSPS) is 19.4. The Hall–Kier alpha value is -1.55. The molecule has 1 heterocycles. The van der Waals surface area contributed by atoms with Gasteiger partial charge in [0.25, 0.3) is 0 Å². The number of hydrogen-bond acceptors (Lipinski definition) is 4. The second kappa shape index (κ2) is 8.03. The molecule has 21 heavy (non-hydrogen) atoms. The van der Waals surface area contributed by atoms with E-state index in [2.05, 4.69) is 10.1 Å². The summed E-state index contributed by atoms with van der Waals surface area (Å²) >= 11 is 0. The number of amides is 2. The van der Waals surface area contributed by atoms with Gasteiger partial charge in [-0.25, -0.2) is 4.79 Å². The van der Waals surface area contributed by atoms with Gasteiger partial charge in [-0.1, -0.05) is 0 Å². The van der Waals surface area contributed by atoms with E-state index in [0.717, 1.165) is 0 Å². The molecule has 1 rings (SSSR count). The van der Waals surface area contributed by atoms with Crippen molar-refractivity contribution in [3.63, 3.8) is 0 Å². The molecule has 0 radical (unpaired) electrons. The molecule has 1 fully saturated rings. The smallest absolute Gasteiger partial charge is 0.411 e. The summed E-state index contributed by atoms with van der Waals surface area (Å²) in [6.45, 7) is -1.11. The van der Waals surface area contributed by atoms with Crippen LogP contribution < -0.4 is 5.32 Å². The Bertz CT molecular complexity index is 364. The number of morpholine rings is 1. The van der Waals surface area contributed by atoms with Crippen LogP contribution in [-0.4, -0.2) is 73.7 Å². The van der Waals surface area contributed by atoms with Crippen LogP contribution in [0.25, 0.3) is 0 Å². The Morgan fingerprint density at radius 3 is 2.76 bits per heavy atom. The van der Waals surface area contributed by atoms with Crippen molar-refractivity contribution < 1.29 is 37.3 Å². The molecule has 10 heteroatoms. The van der Waals surface area contributed by atoms with Gasteiger partial charge in [0.1, 0.15) is 6.61 Å². The summed E-state index contributed by atoms with van der Waals surface area (Å²) in [6, 6.07) is -1.13. The Morgan fingerprint density at radius 1 is 1.43 bits per heavy atom. The zero-order chi connectivity index (χ0) is 15.9. The molecule has 2 amide bonds. The first-order valence-corrected chi connectivity index (χ1v) is 6.28. The van der Waals surface area contributed by atoms with Crippen LogP contribution in [0.1, 0.15) is 6.42 Å². The van der Waals surface area contributed by atoms with Crippen LogP contribution in [-0.2, 0) is 14.3 Å². The molecule has 2 N–H and O–H groups in total. The van der Waals surface area contributed by atoms with E-state index >= 15 is 0 Å².